The Morgan fingerprint density at radius 3 is 1.88 bits per heavy atom. The first-order chi connectivity index (χ1) is 7.77. The fourth-order valence-corrected chi connectivity index (χ4v) is 1.81. The summed E-state index contributed by atoms with van der Waals surface area (Å²) < 4.78 is 5.10. The molecule has 0 aliphatic rings. The van der Waals surface area contributed by atoms with Gasteiger partial charge in [-0.2, -0.15) is 0 Å². The molecule has 96 valence electrons. The molecule has 0 saturated heterocycles. The van der Waals surface area contributed by atoms with Gasteiger partial charge >= 0.3 is 0 Å². The van der Waals surface area contributed by atoms with Crippen LogP contribution in [0.3, 0.4) is 0 Å². The van der Waals surface area contributed by atoms with E-state index in [-0.39, 0.29) is 11.0 Å². The second kappa shape index (κ2) is 5.19. The van der Waals surface area contributed by atoms with Crippen LogP contribution in [0.15, 0.2) is 24.3 Å². The maximum atomic E-state index is 6.30. The summed E-state index contributed by atoms with van der Waals surface area (Å²) >= 11 is 0. The molecule has 0 spiro atoms. The molecule has 1 atom stereocenters. The summed E-state index contributed by atoms with van der Waals surface area (Å²) in [6, 6.07) is 8.62. The van der Waals surface area contributed by atoms with Crippen LogP contribution in [0.2, 0.25) is 0 Å². The lowest BCUT2D eigenvalue weighted by Gasteiger charge is -2.26. The zero-order valence-corrected chi connectivity index (χ0v) is 11.7. The van der Waals surface area contributed by atoms with E-state index in [0.29, 0.717) is 6.61 Å². The van der Waals surface area contributed by atoms with Gasteiger partial charge in [0.05, 0.1) is 0 Å². The van der Waals surface area contributed by atoms with E-state index in [1.807, 2.05) is 0 Å². The minimum atomic E-state index is -0.313. The van der Waals surface area contributed by atoms with Gasteiger partial charge in [0.25, 0.3) is 0 Å². The number of benzene rings is 1. The lowest BCUT2D eigenvalue weighted by atomic mass is 9.83. The largest absolute Gasteiger partial charge is 0.385 e. The summed E-state index contributed by atoms with van der Waals surface area (Å²) in [7, 11) is 1.71. The second-order valence-electron chi connectivity index (χ2n) is 5.99. The van der Waals surface area contributed by atoms with E-state index in [2.05, 4.69) is 52.0 Å². The average Bonchev–Trinajstić information content (AvgIpc) is 2.25. The highest BCUT2D eigenvalue weighted by Crippen LogP contribution is 2.26. The van der Waals surface area contributed by atoms with Gasteiger partial charge in [-0.05, 0) is 29.9 Å². The number of hydrogen-bond acceptors (Lipinski definition) is 2. The Hall–Kier alpha value is -0.860. The van der Waals surface area contributed by atoms with Crippen LogP contribution < -0.4 is 5.73 Å². The molecule has 1 unspecified atom stereocenters. The van der Waals surface area contributed by atoms with E-state index >= 15 is 0 Å². The predicted octanol–water partition coefficient (Wildman–Crippen LogP) is 3.19. The van der Waals surface area contributed by atoms with E-state index in [1.165, 1.54) is 11.1 Å². The smallest absolute Gasteiger partial charge is 0.0482 e. The van der Waals surface area contributed by atoms with Crippen molar-refractivity contribution in [2.45, 2.75) is 45.1 Å². The van der Waals surface area contributed by atoms with Gasteiger partial charge in [0.15, 0.2) is 0 Å². The fraction of sp³-hybridized carbons (Fsp3) is 0.600. The summed E-state index contributed by atoms with van der Waals surface area (Å²) in [4.78, 5) is 0. The van der Waals surface area contributed by atoms with Crippen molar-refractivity contribution in [3.05, 3.63) is 35.4 Å². The molecule has 0 saturated carbocycles. The van der Waals surface area contributed by atoms with Crippen molar-refractivity contribution < 1.29 is 4.74 Å². The van der Waals surface area contributed by atoms with Gasteiger partial charge in [0.2, 0.25) is 0 Å². The molecule has 0 aliphatic heterocycles. The first kappa shape index (κ1) is 14.2. The highest BCUT2D eigenvalue weighted by molar-refractivity contribution is 5.31. The Bertz CT molecular complexity index is 346. The maximum absolute atomic E-state index is 6.30. The Labute approximate surface area is 105 Å². The van der Waals surface area contributed by atoms with Gasteiger partial charge in [-0.1, -0.05) is 45.0 Å². The van der Waals surface area contributed by atoms with Crippen molar-refractivity contribution in [2.75, 3.05) is 13.7 Å². The minimum Gasteiger partial charge on any atom is -0.385 e. The van der Waals surface area contributed by atoms with Gasteiger partial charge in [-0.15, -0.1) is 0 Å². The highest BCUT2D eigenvalue weighted by atomic mass is 16.5. The van der Waals surface area contributed by atoms with E-state index in [1.54, 1.807) is 7.11 Å². The van der Waals surface area contributed by atoms with Crippen molar-refractivity contribution in [1.29, 1.82) is 0 Å². The third-order valence-electron chi connectivity index (χ3n) is 3.24. The Morgan fingerprint density at radius 1 is 1.00 bits per heavy atom. The number of hydrogen-bond donors (Lipinski definition) is 1. The molecule has 2 nitrogen and oxygen atoms in total. The number of rotatable bonds is 4. The van der Waals surface area contributed by atoms with Crippen LogP contribution in [0.1, 0.15) is 45.2 Å². The normalized spacial score (nSPS) is 15.6. The number of ether oxygens (including phenoxy) is 1. The fourth-order valence-electron chi connectivity index (χ4n) is 1.81. The molecule has 2 N–H and O–H groups in total. The summed E-state index contributed by atoms with van der Waals surface area (Å²) in [6.07, 6.45) is 0.832. The lowest BCUT2D eigenvalue weighted by Crippen LogP contribution is -2.34. The molecule has 1 aromatic rings. The summed E-state index contributed by atoms with van der Waals surface area (Å²) in [5.41, 5.74) is 8.69. The van der Waals surface area contributed by atoms with Crippen LogP contribution in [0, 0.1) is 0 Å². The zero-order valence-electron chi connectivity index (χ0n) is 11.7. The summed E-state index contributed by atoms with van der Waals surface area (Å²) in [5.74, 6) is 0. The average molecular weight is 235 g/mol. The lowest BCUT2D eigenvalue weighted by molar-refractivity contribution is 0.172. The Balaban J connectivity index is 2.87. The molecular weight excluding hydrogens is 210 g/mol. The maximum Gasteiger partial charge on any atom is 0.0482 e. The monoisotopic (exact) mass is 235 g/mol. The third kappa shape index (κ3) is 3.83. The van der Waals surface area contributed by atoms with Crippen LogP contribution in [0.5, 0.6) is 0 Å². The van der Waals surface area contributed by atoms with Crippen LogP contribution >= 0.6 is 0 Å². The molecule has 0 heterocycles. The quantitative estimate of drug-likeness (QED) is 0.870. The van der Waals surface area contributed by atoms with Crippen molar-refractivity contribution in [3.63, 3.8) is 0 Å². The predicted molar refractivity (Wildman–Crippen MR) is 73.2 cm³/mol. The van der Waals surface area contributed by atoms with Crippen LogP contribution in [0.4, 0.5) is 0 Å². The molecule has 17 heavy (non-hydrogen) atoms. The van der Waals surface area contributed by atoms with Crippen molar-refractivity contribution >= 4 is 0 Å². The molecule has 0 amide bonds. The Morgan fingerprint density at radius 2 is 1.47 bits per heavy atom. The summed E-state index contributed by atoms with van der Waals surface area (Å²) in [6.45, 7) is 9.39. The van der Waals surface area contributed by atoms with E-state index in [4.69, 9.17) is 10.5 Å². The van der Waals surface area contributed by atoms with Crippen molar-refractivity contribution in [2.24, 2.45) is 5.73 Å². The van der Waals surface area contributed by atoms with Crippen LogP contribution in [0.25, 0.3) is 0 Å². The van der Waals surface area contributed by atoms with Gasteiger partial charge in [0.1, 0.15) is 0 Å². The molecule has 0 radical (unpaired) electrons. The molecule has 1 aromatic carbocycles. The highest BCUT2D eigenvalue weighted by Gasteiger charge is 2.21. The molecule has 1 rings (SSSR count). The molecule has 0 fully saturated rings. The number of nitrogens with two attached hydrogens (primary N) is 1. The molecule has 2 heteroatoms. The van der Waals surface area contributed by atoms with Gasteiger partial charge in [-0.3, -0.25) is 0 Å². The third-order valence-corrected chi connectivity index (χ3v) is 3.24. The van der Waals surface area contributed by atoms with Gasteiger partial charge in [-0.25, -0.2) is 0 Å². The van der Waals surface area contributed by atoms with E-state index in [9.17, 15) is 0 Å². The first-order valence-corrected chi connectivity index (χ1v) is 6.16. The zero-order chi connectivity index (χ0) is 13.1. The molecule has 0 aliphatic carbocycles. The van der Waals surface area contributed by atoms with Crippen molar-refractivity contribution in [1.82, 2.24) is 0 Å². The van der Waals surface area contributed by atoms with E-state index in [0.717, 1.165) is 6.42 Å². The summed E-state index contributed by atoms with van der Waals surface area (Å²) in [5, 5.41) is 0. The van der Waals surface area contributed by atoms with Crippen LogP contribution in [-0.2, 0) is 15.7 Å². The molecule has 0 aromatic heterocycles. The van der Waals surface area contributed by atoms with Gasteiger partial charge in [0, 0.05) is 19.3 Å². The SMILES string of the molecule is COCCC(C)(N)c1ccc(C(C)(C)C)cc1. The number of methoxy groups -OCH3 is 1. The van der Waals surface area contributed by atoms with E-state index < -0.39 is 0 Å². The minimum absolute atomic E-state index is 0.191. The second-order valence-corrected chi connectivity index (χ2v) is 5.99. The van der Waals surface area contributed by atoms with Crippen LogP contribution in [-0.4, -0.2) is 13.7 Å². The van der Waals surface area contributed by atoms with Gasteiger partial charge < -0.3 is 10.5 Å². The van der Waals surface area contributed by atoms with Crippen molar-refractivity contribution in [3.8, 4) is 0 Å². The Kier molecular flexibility index (Phi) is 4.34. The molecular formula is C15H25NO. The first-order valence-electron chi connectivity index (χ1n) is 6.16. The molecule has 0 bridgehead atoms. The topological polar surface area (TPSA) is 35.2 Å². The standard InChI is InChI=1S/C15H25NO/c1-14(2,3)12-6-8-13(9-7-12)15(4,16)10-11-17-5/h6-9H,10-11,16H2,1-5H3.